The molecule has 6 heteroatoms. The van der Waals surface area contributed by atoms with Gasteiger partial charge in [-0.2, -0.15) is 0 Å². The van der Waals surface area contributed by atoms with E-state index in [9.17, 15) is 13.2 Å². The van der Waals surface area contributed by atoms with E-state index < -0.39 is 10.0 Å². The SMILES string of the molecule is CCCCOCCCNS(=O)(=O)c1ccc(C(C)=O)cc1. The maximum Gasteiger partial charge on any atom is 0.240 e. The van der Waals surface area contributed by atoms with Crippen LogP contribution in [0.4, 0.5) is 0 Å². The Morgan fingerprint density at radius 3 is 2.33 bits per heavy atom. The summed E-state index contributed by atoms with van der Waals surface area (Å²) in [5.74, 6) is -0.0869. The number of carbonyl (C=O) groups excluding carboxylic acids is 1. The first kappa shape index (κ1) is 17.8. The molecule has 0 fully saturated rings. The first-order valence-corrected chi connectivity index (χ1v) is 8.64. The van der Waals surface area contributed by atoms with Crippen LogP contribution in [0.2, 0.25) is 0 Å². The lowest BCUT2D eigenvalue weighted by Crippen LogP contribution is -2.25. The van der Waals surface area contributed by atoms with Gasteiger partial charge in [0.2, 0.25) is 10.0 Å². The van der Waals surface area contributed by atoms with Gasteiger partial charge in [-0.15, -0.1) is 0 Å². The molecular weight excluding hydrogens is 290 g/mol. The van der Waals surface area contributed by atoms with E-state index in [0.717, 1.165) is 19.4 Å². The fraction of sp³-hybridized carbons (Fsp3) is 0.533. The molecule has 0 spiro atoms. The van der Waals surface area contributed by atoms with E-state index in [1.165, 1.54) is 31.2 Å². The third-order valence-corrected chi connectivity index (χ3v) is 4.45. The molecule has 0 unspecified atom stereocenters. The quantitative estimate of drug-likeness (QED) is 0.532. The van der Waals surface area contributed by atoms with Crippen LogP contribution in [0.1, 0.15) is 43.5 Å². The van der Waals surface area contributed by atoms with E-state index in [1.807, 2.05) is 0 Å². The molecule has 1 aromatic rings. The Morgan fingerprint density at radius 2 is 1.76 bits per heavy atom. The summed E-state index contributed by atoms with van der Waals surface area (Å²) < 4.78 is 31.9. The summed E-state index contributed by atoms with van der Waals surface area (Å²) in [6, 6.07) is 5.92. The Hall–Kier alpha value is -1.24. The molecule has 1 rings (SSSR count). The van der Waals surface area contributed by atoms with Crippen molar-refractivity contribution in [1.29, 1.82) is 0 Å². The summed E-state index contributed by atoms with van der Waals surface area (Å²) in [6.45, 7) is 5.14. The zero-order valence-electron chi connectivity index (χ0n) is 12.6. The molecule has 0 atom stereocenters. The number of hydrogen-bond acceptors (Lipinski definition) is 4. The summed E-state index contributed by atoms with van der Waals surface area (Å²) in [6.07, 6.45) is 2.74. The van der Waals surface area contributed by atoms with Crippen molar-refractivity contribution < 1.29 is 17.9 Å². The van der Waals surface area contributed by atoms with Crippen LogP contribution in [0, 0.1) is 0 Å². The second-order valence-corrected chi connectivity index (χ2v) is 6.56. The first-order valence-electron chi connectivity index (χ1n) is 7.16. The monoisotopic (exact) mass is 313 g/mol. The average molecular weight is 313 g/mol. The summed E-state index contributed by atoms with van der Waals surface area (Å²) in [5, 5.41) is 0. The lowest BCUT2D eigenvalue weighted by Gasteiger charge is -2.07. The van der Waals surface area contributed by atoms with Gasteiger partial charge in [0.25, 0.3) is 0 Å². The zero-order chi connectivity index (χ0) is 15.7. The lowest BCUT2D eigenvalue weighted by molar-refractivity contribution is 0.101. The average Bonchev–Trinajstić information content (AvgIpc) is 2.46. The summed E-state index contributed by atoms with van der Waals surface area (Å²) >= 11 is 0. The van der Waals surface area contributed by atoms with Crippen LogP contribution in [-0.2, 0) is 14.8 Å². The fourth-order valence-corrected chi connectivity index (χ4v) is 2.76. The molecule has 0 aliphatic carbocycles. The van der Waals surface area contributed by atoms with Gasteiger partial charge in [0.1, 0.15) is 0 Å². The molecule has 118 valence electrons. The number of carbonyl (C=O) groups is 1. The Labute approximate surface area is 126 Å². The predicted octanol–water partition coefficient (Wildman–Crippen LogP) is 2.37. The molecule has 5 nitrogen and oxygen atoms in total. The van der Waals surface area contributed by atoms with Gasteiger partial charge in [0.05, 0.1) is 4.90 Å². The number of rotatable bonds is 10. The number of sulfonamides is 1. The largest absolute Gasteiger partial charge is 0.381 e. The standard InChI is InChI=1S/C15H23NO4S/c1-3-4-11-20-12-5-10-16-21(18,19)15-8-6-14(7-9-15)13(2)17/h6-9,16H,3-5,10-12H2,1-2H3. The first-order chi connectivity index (χ1) is 9.97. The summed E-state index contributed by atoms with van der Waals surface area (Å²) in [7, 11) is -3.52. The summed E-state index contributed by atoms with van der Waals surface area (Å²) in [4.78, 5) is 11.3. The van der Waals surface area contributed by atoms with Crippen LogP contribution in [-0.4, -0.2) is 34.0 Å². The van der Waals surface area contributed by atoms with Gasteiger partial charge in [-0.05, 0) is 31.9 Å². The highest BCUT2D eigenvalue weighted by atomic mass is 32.2. The van der Waals surface area contributed by atoms with E-state index in [4.69, 9.17) is 4.74 Å². The molecule has 0 amide bonds. The van der Waals surface area contributed by atoms with Crippen LogP contribution < -0.4 is 4.72 Å². The van der Waals surface area contributed by atoms with Crippen molar-refractivity contribution in [3.05, 3.63) is 29.8 Å². The molecule has 0 heterocycles. The molecule has 21 heavy (non-hydrogen) atoms. The highest BCUT2D eigenvalue weighted by molar-refractivity contribution is 7.89. The van der Waals surface area contributed by atoms with Crippen LogP contribution in [0.15, 0.2) is 29.2 Å². The van der Waals surface area contributed by atoms with Gasteiger partial charge in [0, 0.05) is 25.3 Å². The number of nitrogens with one attached hydrogen (secondary N) is 1. The van der Waals surface area contributed by atoms with Crippen molar-refractivity contribution in [2.24, 2.45) is 0 Å². The second-order valence-electron chi connectivity index (χ2n) is 4.80. The topological polar surface area (TPSA) is 72.5 Å². The third kappa shape index (κ3) is 6.37. The minimum absolute atomic E-state index is 0.0869. The normalized spacial score (nSPS) is 11.5. The number of hydrogen-bond donors (Lipinski definition) is 1. The highest BCUT2D eigenvalue weighted by Crippen LogP contribution is 2.10. The Morgan fingerprint density at radius 1 is 1.14 bits per heavy atom. The van der Waals surface area contributed by atoms with E-state index in [2.05, 4.69) is 11.6 Å². The molecule has 0 bridgehead atoms. The van der Waals surface area contributed by atoms with E-state index in [0.29, 0.717) is 25.1 Å². The molecule has 1 aromatic carbocycles. The van der Waals surface area contributed by atoms with Gasteiger partial charge in [-0.25, -0.2) is 13.1 Å². The van der Waals surface area contributed by atoms with Crippen molar-refractivity contribution in [2.75, 3.05) is 19.8 Å². The maximum absolute atomic E-state index is 12.0. The molecule has 0 aliphatic heterocycles. The van der Waals surface area contributed by atoms with Gasteiger partial charge >= 0.3 is 0 Å². The molecule has 0 saturated carbocycles. The predicted molar refractivity (Wildman–Crippen MR) is 82.0 cm³/mol. The van der Waals surface area contributed by atoms with Crippen molar-refractivity contribution in [1.82, 2.24) is 4.72 Å². The molecular formula is C15H23NO4S. The van der Waals surface area contributed by atoms with Crippen LogP contribution in [0.3, 0.4) is 0 Å². The Bertz CT molecular complexity index is 537. The molecule has 0 aromatic heterocycles. The summed E-state index contributed by atoms with van der Waals surface area (Å²) in [5.41, 5.74) is 0.498. The third-order valence-electron chi connectivity index (χ3n) is 2.97. The molecule has 0 aliphatic rings. The van der Waals surface area contributed by atoms with Crippen molar-refractivity contribution in [3.63, 3.8) is 0 Å². The van der Waals surface area contributed by atoms with Crippen LogP contribution >= 0.6 is 0 Å². The highest BCUT2D eigenvalue weighted by Gasteiger charge is 2.13. The number of ketones is 1. The van der Waals surface area contributed by atoms with Gasteiger partial charge in [0.15, 0.2) is 5.78 Å². The molecule has 1 N–H and O–H groups in total. The Balaban J connectivity index is 2.41. The fourth-order valence-electron chi connectivity index (χ4n) is 1.68. The number of benzene rings is 1. The minimum atomic E-state index is -3.52. The van der Waals surface area contributed by atoms with Crippen molar-refractivity contribution >= 4 is 15.8 Å². The van der Waals surface area contributed by atoms with Gasteiger partial charge in [-0.1, -0.05) is 25.5 Å². The zero-order valence-corrected chi connectivity index (χ0v) is 13.4. The smallest absolute Gasteiger partial charge is 0.240 e. The van der Waals surface area contributed by atoms with E-state index in [-0.39, 0.29) is 10.7 Å². The van der Waals surface area contributed by atoms with Gasteiger partial charge < -0.3 is 4.74 Å². The molecule has 0 radical (unpaired) electrons. The maximum atomic E-state index is 12.0. The lowest BCUT2D eigenvalue weighted by atomic mass is 10.2. The second kappa shape index (κ2) is 8.92. The van der Waals surface area contributed by atoms with Gasteiger partial charge in [-0.3, -0.25) is 4.79 Å². The number of unbranched alkanes of at least 4 members (excludes halogenated alkanes) is 1. The minimum Gasteiger partial charge on any atom is -0.381 e. The van der Waals surface area contributed by atoms with E-state index >= 15 is 0 Å². The van der Waals surface area contributed by atoms with Crippen LogP contribution in [0.5, 0.6) is 0 Å². The number of Topliss-reactive ketones (excluding diaryl/α,β-unsaturated/α-hetero) is 1. The van der Waals surface area contributed by atoms with Crippen LogP contribution in [0.25, 0.3) is 0 Å². The molecule has 0 saturated heterocycles. The number of ether oxygens (including phenoxy) is 1. The Kier molecular flexibility index (Phi) is 7.56. The van der Waals surface area contributed by atoms with Crippen molar-refractivity contribution in [2.45, 2.75) is 38.0 Å². The van der Waals surface area contributed by atoms with Crippen molar-refractivity contribution in [3.8, 4) is 0 Å². The van der Waals surface area contributed by atoms with E-state index in [1.54, 1.807) is 0 Å².